The number of anilines is 1. The molecule has 29 heavy (non-hydrogen) atoms. The zero-order valence-corrected chi connectivity index (χ0v) is 16.1. The molecule has 5 heterocycles. The van der Waals surface area contributed by atoms with Crippen LogP contribution in [-0.4, -0.2) is 39.5 Å². The van der Waals surface area contributed by atoms with E-state index in [4.69, 9.17) is 4.42 Å². The highest BCUT2D eigenvalue weighted by Crippen LogP contribution is 2.24. The van der Waals surface area contributed by atoms with Gasteiger partial charge in [0.15, 0.2) is 11.5 Å². The fraction of sp³-hybridized carbons (Fsp3) is 0.286. The molecule has 1 fully saturated rings. The van der Waals surface area contributed by atoms with Crippen LogP contribution in [0.3, 0.4) is 0 Å². The van der Waals surface area contributed by atoms with Gasteiger partial charge < -0.3 is 19.0 Å². The first-order valence-electron chi connectivity index (χ1n) is 9.58. The van der Waals surface area contributed by atoms with Gasteiger partial charge in [0.05, 0.1) is 11.3 Å². The van der Waals surface area contributed by atoms with Crippen LogP contribution in [0.1, 0.15) is 13.8 Å². The monoisotopic (exact) mass is 393 g/mol. The zero-order valence-electron chi connectivity index (χ0n) is 16.1. The third-order valence-corrected chi connectivity index (χ3v) is 5.35. The lowest BCUT2D eigenvalue weighted by Crippen LogP contribution is -2.54. The highest BCUT2D eigenvalue weighted by atomic mass is 19.1. The predicted octanol–water partition coefficient (Wildman–Crippen LogP) is 2.83. The van der Waals surface area contributed by atoms with Crippen LogP contribution in [0.4, 0.5) is 10.2 Å². The van der Waals surface area contributed by atoms with Gasteiger partial charge in [-0.15, -0.1) is 0 Å². The molecule has 4 aromatic rings. The Bertz CT molecular complexity index is 1280. The molecule has 1 N–H and O–H groups in total. The van der Waals surface area contributed by atoms with Gasteiger partial charge in [-0.1, -0.05) is 0 Å². The SMILES string of the molecule is C[C@@H]1CN[C@@H](C)CN1c1ccc2cc(-c3cn4cccc(F)c4n3)c(=O)oc2n1. The summed E-state index contributed by atoms with van der Waals surface area (Å²) in [5.74, 6) is 0.332. The van der Waals surface area contributed by atoms with Crippen LogP contribution in [-0.2, 0) is 0 Å². The Morgan fingerprint density at radius 2 is 2.10 bits per heavy atom. The lowest BCUT2D eigenvalue weighted by atomic mass is 10.1. The third kappa shape index (κ3) is 3.05. The highest BCUT2D eigenvalue weighted by molar-refractivity contribution is 5.80. The van der Waals surface area contributed by atoms with Crippen molar-refractivity contribution < 1.29 is 8.81 Å². The fourth-order valence-electron chi connectivity index (χ4n) is 3.78. The van der Waals surface area contributed by atoms with Gasteiger partial charge in [0.2, 0.25) is 5.71 Å². The van der Waals surface area contributed by atoms with Crippen molar-refractivity contribution >= 4 is 22.6 Å². The molecule has 5 rings (SSSR count). The molecule has 0 spiro atoms. The van der Waals surface area contributed by atoms with Gasteiger partial charge in [-0.3, -0.25) is 0 Å². The van der Waals surface area contributed by atoms with Crippen LogP contribution in [0.2, 0.25) is 0 Å². The van der Waals surface area contributed by atoms with Gasteiger partial charge in [-0.2, -0.15) is 4.98 Å². The zero-order chi connectivity index (χ0) is 20.1. The summed E-state index contributed by atoms with van der Waals surface area (Å²) in [6.07, 6.45) is 3.29. The molecular formula is C21H20FN5O2. The quantitative estimate of drug-likeness (QED) is 0.564. The number of imidazole rings is 1. The first kappa shape index (κ1) is 17.8. The van der Waals surface area contributed by atoms with E-state index in [1.54, 1.807) is 28.9 Å². The summed E-state index contributed by atoms with van der Waals surface area (Å²) >= 11 is 0. The van der Waals surface area contributed by atoms with Crippen molar-refractivity contribution in [2.75, 3.05) is 18.0 Å². The Labute approximate surface area is 165 Å². The van der Waals surface area contributed by atoms with Crippen molar-refractivity contribution in [3.05, 3.63) is 59.0 Å². The maximum Gasteiger partial charge on any atom is 0.347 e. The van der Waals surface area contributed by atoms with E-state index in [0.717, 1.165) is 18.9 Å². The summed E-state index contributed by atoms with van der Waals surface area (Å²) in [4.78, 5) is 23.7. The van der Waals surface area contributed by atoms with Crippen molar-refractivity contribution in [3.8, 4) is 11.3 Å². The van der Waals surface area contributed by atoms with Gasteiger partial charge in [0.25, 0.3) is 0 Å². The summed E-state index contributed by atoms with van der Waals surface area (Å²) < 4.78 is 21.0. The van der Waals surface area contributed by atoms with E-state index < -0.39 is 11.4 Å². The number of nitrogens with zero attached hydrogens (tertiary/aromatic N) is 4. The lowest BCUT2D eigenvalue weighted by molar-refractivity contribution is 0.422. The number of hydrogen-bond acceptors (Lipinski definition) is 6. The molecule has 0 radical (unpaired) electrons. The second-order valence-corrected chi connectivity index (χ2v) is 7.54. The number of nitrogens with one attached hydrogen (secondary N) is 1. The van der Waals surface area contributed by atoms with Crippen molar-refractivity contribution in [1.29, 1.82) is 0 Å². The predicted molar refractivity (Wildman–Crippen MR) is 109 cm³/mol. The van der Waals surface area contributed by atoms with E-state index in [2.05, 4.69) is 34.0 Å². The van der Waals surface area contributed by atoms with Crippen LogP contribution >= 0.6 is 0 Å². The topological polar surface area (TPSA) is 75.7 Å². The summed E-state index contributed by atoms with van der Waals surface area (Å²) in [5, 5.41) is 4.13. The number of rotatable bonds is 2. The molecule has 8 heteroatoms. The number of pyridine rings is 2. The second kappa shape index (κ2) is 6.66. The molecule has 1 aliphatic rings. The Hall–Kier alpha value is -3.26. The minimum atomic E-state index is -0.548. The van der Waals surface area contributed by atoms with E-state index >= 15 is 0 Å². The smallest absolute Gasteiger partial charge is 0.347 e. The van der Waals surface area contributed by atoms with Crippen LogP contribution < -0.4 is 15.8 Å². The average molecular weight is 393 g/mol. The molecule has 2 atom stereocenters. The number of aromatic nitrogens is 3. The summed E-state index contributed by atoms with van der Waals surface area (Å²) in [6, 6.07) is 9.08. The van der Waals surface area contributed by atoms with Gasteiger partial charge in [0.1, 0.15) is 5.82 Å². The van der Waals surface area contributed by atoms with Gasteiger partial charge in [0, 0.05) is 43.0 Å². The molecule has 0 bridgehead atoms. The van der Waals surface area contributed by atoms with E-state index in [1.807, 2.05) is 12.1 Å². The van der Waals surface area contributed by atoms with E-state index in [1.165, 1.54) is 6.07 Å². The molecule has 0 saturated carbocycles. The highest BCUT2D eigenvalue weighted by Gasteiger charge is 2.24. The minimum Gasteiger partial charge on any atom is -0.403 e. The Morgan fingerprint density at radius 1 is 1.24 bits per heavy atom. The number of halogens is 1. The van der Waals surface area contributed by atoms with Gasteiger partial charge in [-0.05, 0) is 44.2 Å². The molecule has 7 nitrogen and oxygen atoms in total. The fourth-order valence-corrected chi connectivity index (χ4v) is 3.78. The van der Waals surface area contributed by atoms with Crippen molar-refractivity contribution in [2.45, 2.75) is 25.9 Å². The average Bonchev–Trinajstić information content (AvgIpc) is 3.14. The Kier molecular flexibility index (Phi) is 4.09. The largest absolute Gasteiger partial charge is 0.403 e. The van der Waals surface area contributed by atoms with E-state index in [-0.39, 0.29) is 23.0 Å². The minimum absolute atomic E-state index is 0.164. The molecule has 0 amide bonds. The first-order chi connectivity index (χ1) is 14.0. The third-order valence-electron chi connectivity index (χ3n) is 5.35. The molecular weight excluding hydrogens is 373 g/mol. The molecule has 0 aromatic carbocycles. The van der Waals surface area contributed by atoms with Crippen LogP contribution in [0.25, 0.3) is 28.0 Å². The molecule has 148 valence electrons. The molecule has 0 unspecified atom stereocenters. The maximum absolute atomic E-state index is 13.9. The molecule has 4 aromatic heterocycles. The van der Waals surface area contributed by atoms with Crippen LogP contribution in [0, 0.1) is 5.82 Å². The summed E-state index contributed by atoms with van der Waals surface area (Å²) in [5.41, 5.74) is 0.535. The van der Waals surface area contributed by atoms with Crippen LogP contribution in [0.5, 0.6) is 0 Å². The number of fused-ring (bicyclic) bond motifs is 2. The number of piperazine rings is 1. The van der Waals surface area contributed by atoms with Crippen molar-refractivity contribution in [2.24, 2.45) is 0 Å². The molecule has 1 aliphatic heterocycles. The summed E-state index contributed by atoms with van der Waals surface area (Å²) in [6.45, 7) is 5.96. The molecule has 0 aliphatic carbocycles. The van der Waals surface area contributed by atoms with E-state index in [0.29, 0.717) is 17.1 Å². The normalized spacial score (nSPS) is 19.9. The van der Waals surface area contributed by atoms with Crippen molar-refractivity contribution in [1.82, 2.24) is 19.7 Å². The lowest BCUT2D eigenvalue weighted by Gasteiger charge is -2.38. The standard InChI is InChI=1S/C21H20FN5O2/c1-12-10-27(13(2)9-23-12)18-6-5-14-8-15(21(28)29-20(14)25-18)17-11-26-7-3-4-16(22)19(26)24-17/h3-8,11-13,23H,9-10H2,1-2H3/t12-,13+/m0/s1. The first-order valence-corrected chi connectivity index (χ1v) is 9.58. The molecule has 1 saturated heterocycles. The Balaban J connectivity index is 1.58. The van der Waals surface area contributed by atoms with Crippen LogP contribution in [0.15, 0.2) is 51.9 Å². The summed E-state index contributed by atoms with van der Waals surface area (Å²) in [7, 11) is 0. The Morgan fingerprint density at radius 3 is 2.93 bits per heavy atom. The number of hydrogen-bond donors (Lipinski definition) is 1. The maximum atomic E-state index is 13.9. The van der Waals surface area contributed by atoms with Gasteiger partial charge >= 0.3 is 5.63 Å². The van der Waals surface area contributed by atoms with E-state index in [9.17, 15) is 9.18 Å². The second-order valence-electron chi connectivity index (χ2n) is 7.54. The van der Waals surface area contributed by atoms with Gasteiger partial charge in [-0.25, -0.2) is 14.2 Å². The van der Waals surface area contributed by atoms with Crippen molar-refractivity contribution in [3.63, 3.8) is 0 Å².